The maximum Gasteiger partial charge on any atom is 0.255 e. The monoisotopic (exact) mass is 366 g/mol. The SMILES string of the molecule is CCN(CC)Cc1ccc(C(=O)Nc2ccc(-n3cccn3)c(F)c2)cc1. The lowest BCUT2D eigenvalue weighted by Crippen LogP contribution is -2.22. The van der Waals surface area contributed by atoms with Crippen molar-refractivity contribution in [3.63, 3.8) is 0 Å². The van der Waals surface area contributed by atoms with Crippen molar-refractivity contribution in [2.24, 2.45) is 0 Å². The van der Waals surface area contributed by atoms with E-state index in [0.29, 0.717) is 16.9 Å². The lowest BCUT2D eigenvalue weighted by molar-refractivity contribution is 0.102. The summed E-state index contributed by atoms with van der Waals surface area (Å²) >= 11 is 0. The van der Waals surface area contributed by atoms with Crippen LogP contribution in [0.2, 0.25) is 0 Å². The van der Waals surface area contributed by atoms with Crippen molar-refractivity contribution in [3.8, 4) is 5.69 Å². The Bertz CT molecular complexity index is 887. The molecule has 3 aromatic rings. The van der Waals surface area contributed by atoms with E-state index in [-0.39, 0.29) is 5.91 Å². The summed E-state index contributed by atoms with van der Waals surface area (Å²) in [5, 5.41) is 6.75. The molecule has 0 spiro atoms. The number of aromatic nitrogens is 2. The van der Waals surface area contributed by atoms with Gasteiger partial charge in [0.2, 0.25) is 0 Å². The molecule has 0 atom stereocenters. The molecular weight excluding hydrogens is 343 g/mol. The number of halogens is 1. The second-order valence-corrected chi connectivity index (χ2v) is 6.23. The molecule has 6 heteroatoms. The van der Waals surface area contributed by atoms with Gasteiger partial charge < -0.3 is 5.32 Å². The summed E-state index contributed by atoms with van der Waals surface area (Å²) in [7, 11) is 0. The molecule has 1 heterocycles. The van der Waals surface area contributed by atoms with Gasteiger partial charge in [0.05, 0.1) is 0 Å². The van der Waals surface area contributed by atoms with Crippen LogP contribution >= 0.6 is 0 Å². The van der Waals surface area contributed by atoms with Gasteiger partial charge in [-0.3, -0.25) is 9.69 Å². The molecule has 0 aliphatic carbocycles. The van der Waals surface area contributed by atoms with Gasteiger partial charge in [-0.1, -0.05) is 26.0 Å². The van der Waals surface area contributed by atoms with Gasteiger partial charge in [-0.2, -0.15) is 5.10 Å². The number of carbonyl (C=O) groups excluding carboxylic acids is 1. The summed E-state index contributed by atoms with van der Waals surface area (Å²) in [6.45, 7) is 7.08. The van der Waals surface area contributed by atoms with Gasteiger partial charge in [0, 0.05) is 30.2 Å². The third kappa shape index (κ3) is 4.60. The van der Waals surface area contributed by atoms with E-state index in [2.05, 4.69) is 29.2 Å². The van der Waals surface area contributed by atoms with Crippen LogP contribution in [-0.2, 0) is 6.54 Å². The summed E-state index contributed by atoms with van der Waals surface area (Å²) in [5.41, 5.74) is 2.43. The van der Waals surface area contributed by atoms with Crippen molar-refractivity contribution >= 4 is 11.6 Å². The predicted octanol–water partition coefficient (Wildman–Crippen LogP) is 4.11. The first-order valence-corrected chi connectivity index (χ1v) is 9.03. The molecule has 0 unspecified atom stereocenters. The zero-order chi connectivity index (χ0) is 19.2. The maximum absolute atomic E-state index is 14.3. The number of hydrogen-bond acceptors (Lipinski definition) is 3. The topological polar surface area (TPSA) is 50.2 Å². The lowest BCUT2D eigenvalue weighted by Gasteiger charge is -2.18. The molecule has 0 aliphatic heterocycles. The number of nitrogens with zero attached hydrogens (tertiary/aromatic N) is 3. The number of hydrogen-bond donors (Lipinski definition) is 1. The molecule has 1 aromatic heterocycles. The standard InChI is InChI=1S/C21H23FN4O/c1-3-25(4-2)15-16-6-8-17(9-7-16)21(27)24-18-10-11-20(19(22)14-18)26-13-5-12-23-26/h5-14H,3-4,15H2,1-2H3,(H,24,27). The molecule has 1 N–H and O–H groups in total. The summed E-state index contributed by atoms with van der Waals surface area (Å²) in [5.74, 6) is -0.721. The predicted molar refractivity (Wildman–Crippen MR) is 105 cm³/mol. The highest BCUT2D eigenvalue weighted by molar-refractivity contribution is 6.04. The van der Waals surface area contributed by atoms with Crippen molar-refractivity contribution in [2.45, 2.75) is 20.4 Å². The number of carbonyl (C=O) groups is 1. The van der Waals surface area contributed by atoms with Gasteiger partial charge in [-0.25, -0.2) is 9.07 Å². The van der Waals surface area contributed by atoms with Crippen LogP contribution in [0, 0.1) is 5.82 Å². The van der Waals surface area contributed by atoms with Crippen LogP contribution in [0.15, 0.2) is 60.9 Å². The number of anilines is 1. The fraction of sp³-hybridized carbons (Fsp3) is 0.238. The van der Waals surface area contributed by atoms with E-state index in [9.17, 15) is 9.18 Å². The van der Waals surface area contributed by atoms with Crippen LogP contribution in [0.4, 0.5) is 10.1 Å². The Morgan fingerprint density at radius 1 is 1.15 bits per heavy atom. The third-order valence-corrected chi connectivity index (χ3v) is 4.47. The first-order valence-electron chi connectivity index (χ1n) is 9.03. The number of nitrogens with one attached hydrogen (secondary N) is 1. The van der Waals surface area contributed by atoms with Gasteiger partial charge >= 0.3 is 0 Å². The zero-order valence-electron chi connectivity index (χ0n) is 15.5. The molecule has 0 bridgehead atoms. The number of amides is 1. The molecule has 27 heavy (non-hydrogen) atoms. The Labute approximate surface area is 158 Å². The Morgan fingerprint density at radius 2 is 1.89 bits per heavy atom. The highest BCUT2D eigenvalue weighted by Gasteiger charge is 2.10. The molecule has 0 saturated carbocycles. The quantitative estimate of drug-likeness (QED) is 0.685. The molecule has 0 saturated heterocycles. The first-order chi connectivity index (χ1) is 13.1. The van der Waals surface area contributed by atoms with E-state index < -0.39 is 5.82 Å². The second-order valence-electron chi connectivity index (χ2n) is 6.23. The minimum absolute atomic E-state index is 0.268. The number of benzene rings is 2. The summed E-state index contributed by atoms with van der Waals surface area (Å²) in [4.78, 5) is 14.7. The van der Waals surface area contributed by atoms with Crippen molar-refractivity contribution in [1.29, 1.82) is 0 Å². The van der Waals surface area contributed by atoms with Crippen LogP contribution in [0.25, 0.3) is 5.69 Å². The summed E-state index contributed by atoms with van der Waals surface area (Å²) in [6, 6.07) is 13.8. The summed E-state index contributed by atoms with van der Waals surface area (Å²) in [6.07, 6.45) is 3.25. The molecule has 0 fully saturated rings. The molecule has 2 aromatic carbocycles. The van der Waals surface area contributed by atoms with Crippen LogP contribution < -0.4 is 5.32 Å². The Hall–Kier alpha value is -2.99. The average Bonchev–Trinajstić information content (AvgIpc) is 3.21. The third-order valence-electron chi connectivity index (χ3n) is 4.47. The van der Waals surface area contributed by atoms with Gasteiger partial charge in [0.1, 0.15) is 5.69 Å². The molecule has 1 amide bonds. The van der Waals surface area contributed by atoms with Gasteiger partial charge in [0.15, 0.2) is 5.82 Å². The molecule has 140 valence electrons. The largest absolute Gasteiger partial charge is 0.322 e. The molecule has 5 nitrogen and oxygen atoms in total. The molecule has 0 radical (unpaired) electrons. The van der Waals surface area contributed by atoms with E-state index in [1.165, 1.54) is 10.7 Å². The van der Waals surface area contributed by atoms with Gasteiger partial charge in [0.25, 0.3) is 5.91 Å². The van der Waals surface area contributed by atoms with Crippen molar-refractivity contribution in [2.75, 3.05) is 18.4 Å². The van der Waals surface area contributed by atoms with Crippen molar-refractivity contribution < 1.29 is 9.18 Å². The fourth-order valence-electron chi connectivity index (χ4n) is 2.85. The highest BCUT2D eigenvalue weighted by Crippen LogP contribution is 2.18. The molecular formula is C21H23FN4O. The fourth-order valence-corrected chi connectivity index (χ4v) is 2.85. The van der Waals surface area contributed by atoms with Crippen LogP contribution in [0.5, 0.6) is 0 Å². The lowest BCUT2D eigenvalue weighted by atomic mass is 10.1. The van der Waals surface area contributed by atoms with E-state index in [0.717, 1.165) is 25.2 Å². The van der Waals surface area contributed by atoms with Crippen LogP contribution in [0.3, 0.4) is 0 Å². The summed E-state index contributed by atoms with van der Waals surface area (Å²) < 4.78 is 15.7. The normalized spacial score (nSPS) is 11.0. The second kappa shape index (κ2) is 8.60. The Kier molecular flexibility index (Phi) is 5.98. The van der Waals surface area contributed by atoms with Crippen LogP contribution in [0.1, 0.15) is 29.8 Å². The van der Waals surface area contributed by atoms with Gasteiger partial charge in [-0.15, -0.1) is 0 Å². The minimum Gasteiger partial charge on any atom is -0.322 e. The highest BCUT2D eigenvalue weighted by atomic mass is 19.1. The molecule has 0 aliphatic rings. The van der Waals surface area contributed by atoms with Crippen molar-refractivity contribution in [3.05, 3.63) is 77.9 Å². The number of rotatable bonds is 7. The van der Waals surface area contributed by atoms with Crippen LogP contribution in [-0.4, -0.2) is 33.7 Å². The first kappa shape index (κ1) is 18.8. The van der Waals surface area contributed by atoms with E-state index in [4.69, 9.17) is 0 Å². The van der Waals surface area contributed by atoms with E-state index in [1.54, 1.807) is 42.7 Å². The Morgan fingerprint density at radius 3 is 2.48 bits per heavy atom. The zero-order valence-corrected chi connectivity index (χ0v) is 15.5. The smallest absolute Gasteiger partial charge is 0.255 e. The van der Waals surface area contributed by atoms with Crippen molar-refractivity contribution in [1.82, 2.24) is 14.7 Å². The van der Waals surface area contributed by atoms with Gasteiger partial charge in [-0.05, 0) is 55.1 Å². The minimum atomic E-state index is -0.453. The van der Waals surface area contributed by atoms with E-state index in [1.807, 2.05) is 12.1 Å². The Balaban J connectivity index is 1.67. The average molecular weight is 366 g/mol. The molecule has 3 rings (SSSR count). The van der Waals surface area contributed by atoms with E-state index >= 15 is 0 Å². The maximum atomic E-state index is 14.3.